The molecule has 7 nitrogen and oxygen atoms in total. The van der Waals surface area contributed by atoms with Gasteiger partial charge in [-0.1, -0.05) is 12.8 Å². The fourth-order valence-electron chi connectivity index (χ4n) is 3.93. The van der Waals surface area contributed by atoms with E-state index in [9.17, 15) is 9.59 Å². The van der Waals surface area contributed by atoms with Crippen LogP contribution in [0.1, 0.15) is 51.3 Å². The molecule has 1 N–H and O–H groups in total. The Labute approximate surface area is 148 Å². The lowest BCUT2D eigenvalue weighted by molar-refractivity contribution is -0.119. The van der Waals surface area contributed by atoms with E-state index in [1.54, 1.807) is 18.7 Å². The van der Waals surface area contributed by atoms with Gasteiger partial charge in [0.1, 0.15) is 11.6 Å². The number of rotatable bonds is 4. The third kappa shape index (κ3) is 3.80. The molecule has 1 aliphatic heterocycles. The van der Waals surface area contributed by atoms with Crippen molar-refractivity contribution in [3.05, 3.63) is 27.6 Å². The second-order valence-electron chi connectivity index (χ2n) is 7.20. The molecule has 1 amide bonds. The van der Waals surface area contributed by atoms with Crippen LogP contribution < -0.4 is 11.0 Å². The van der Waals surface area contributed by atoms with E-state index >= 15 is 0 Å². The van der Waals surface area contributed by atoms with Gasteiger partial charge in [0.05, 0.1) is 12.2 Å². The second kappa shape index (κ2) is 7.45. The van der Waals surface area contributed by atoms with Crippen molar-refractivity contribution in [2.75, 3.05) is 6.61 Å². The van der Waals surface area contributed by atoms with Crippen molar-refractivity contribution in [3.63, 3.8) is 0 Å². The van der Waals surface area contributed by atoms with Crippen LogP contribution in [0.25, 0.3) is 0 Å². The number of allylic oxidation sites excluding steroid dienone is 1. The van der Waals surface area contributed by atoms with E-state index in [0.29, 0.717) is 18.9 Å². The zero-order valence-corrected chi connectivity index (χ0v) is 15.4. The molecule has 138 valence electrons. The Bertz CT molecular complexity index is 731. The maximum absolute atomic E-state index is 12.7. The minimum absolute atomic E-state index is 0.00371. The summed E-state index contributed by atoms with van der Waals surface area (Å²) >= 11 is 0. The lowest BCUT2D eigenvalue weighted by Crippen LogP contribution is -2.44. The van der Waals surface area contributed by atoms with Gasteiger partial charge in [-0.3, -0.25) is 9.36 Å². The fourth-order valence-corrected chi connectivity index (χ4v) is 3.93. The van der Waals surface area contributed by atoms with Crippen LogP contribution in [0.3, 0.4) is 0 Å². The highest BCUT2D eigenvalue weighted by Crippen LogP contribution is 2.28. The number of amides is 1. The maximum Gasteiger partial charge on any atom is 0.345 e. The molecule has 2 atom stereocenters. The Morgan fingerprint density at radius 3 is 2.72 bits per heavy atom. The van der Waals surface area contributed by atoms with Gasteiger partial charge in [0, 0.05) is 26.6 Å². The van der Waals surface area contributed by atoms with Crippen molar-refractivity contribution in [1.82, 2.24) is 19.7 Å². The highest BCUT2D eigenvalue weighted by atomic mass is 16.5. The van der Waals surface area contributed by atoms with Crippen LogP contribution in [0.5, 0.6) is 0 Å². The zero-order chi connectivity index (χ0) is 18.0. The van der Waals surface area contributed by atoms with Gasteiger partial charge in [-0.15, -0.1) is 0 Å². The van der Waals surface area contributed by atoms with Gasteiger partial charge in [0.25, 0.3) is 5.91 Å². The Balaban J connectivity index is 1.71. The van der Waals surface area contributed by atoms with Crippen molar-refractivity contribution in [2.24, 2.45) is 20.0 Å². The van der Waals surface area contributed by atoms with Crippen molar-refractivity contribution in [2.45, 2.75) is 57.9 Å². The van der Waals surface area contributed by atoms with Crippen molar-refractivity contribution < 1.29 is 9.53 Å². The quantitative estimate of drug-likeness (QED) is 0.893. The minimum atomic E-state index is -0.105. The Morgan fingerprint density at radius 2 is 2.04 bits per heavy atom. The topological polar surface area (TPSA) is 78.2 Å². The minimum Gasteiger partial charge on any atom is -0.498 e. The van der Waals surface area contributed by atoms with Crippen LogP contribution in [0.2, 0.25) is 0 Å². The molecule has 0 spiro atoms. The summed E-state index contributed by atoms with van der Waals surface area (Å²) < 4.78 is 8.50. The lowest BCUT2D eigenvalue weighted by Gasteiger charge is -2.32. The first-order chi connectivity index (χ1) is 12.0. The number of hydrogen-bond acceptors (Lipinski definition) is 4. The first-order valence-corrected chi connectivity index (χ1v) is 9.19. The number of ether oxygens (including phenoxy) is 1. The highest BCUT2D eigenvalue weighted by molar-refractivity contribution is 5.94. The third-order valence-corrected chi connectivity index (χ3v) is 5.48. The summed E-state index contributed by atoms with van der Waals surface area (Å²) in [4.78, 5) is 24.6. The second-order valence-corrected chi connectivity index (χ2v) is 7.20. The number of hydrogen-bond donors (Lipinski definition) is 1. The van der Waals surface area contributed by atoms with Crippen molar-refractivity contribution in [1.29, 1.82) is 0 Å². The molecule has 1 fully saturated rings. The van der Waals surface area contributed by atoms with Gasteiger partial charge in [0.2, 0.25) is 0 Å². The van der Waals surface area contributed by atoms with Gasteiger partial charge in [0.15, 0.2) is 0 Å². The highest BCUT2D eigenvalue weighted by Gasteiger charge is 2.30. The average Bonchev–Trinajstić information content (AvgIpc) is 2.84. The molecule has 2 aliphatic rings. The zero-order valence-electron chi connectivity index (χ0n) is 15.4. The van der Waals surface area contributed by atoms with Crippen molar-refractivity contribution >= 4 is 5.91 Å². The van der Waals surface area contributed by atoms with Crippen LogP contribution in [-0.4, -0.2) is 32.9 Å². The molecule has 0 radical (unpaired) electrons. The van der Waals surface area contributed by atoms with Gasteiger partial charge in [-0.2, -0.15) is 5.10 Å². The molecule has 1 aromatic rings. The predicted molar refractivity (Wildman–Crippen MR) is 93.9 cm³/mol. The molecule has 1 aromatic heterocycles. The molecule has 2 heterocycles. The molecule has 0 aromatic carbocycles. The Hall–Kier alpha value is -2.05. The summed E-state index contributed by atoms with van der Waals surface area (Å²) in [6.45, 7) is 2.57. The van der Waals surface area contributed by atoms with E-state index in [2.05, 4.69) is 10.4 Å². The normalized spacial score (nSPS) is 24.1. The molecule has 1 aliphatic carbocycles. The summed E-state index contributed by atoms with van der Waals surface area (Å²) in [6.07, 6.45) is 6.69. The first-order valence-electron chi connectivity index (χ1n) is 9.19. The predicted octanol–water partition coefficient (Wildman–Crippen LogP) is 1.42. The summed E-state index contributed by atoms with van der Waals surface area (Å²) in [5.74, 6) is 1.85. The van der Waals surface area contributed by atoms with Gasteiger partial charge < -0.3 is 10.1 Å². The summed E-state index contributed by atoms with van der Waals surface area (Å²) in [6, 6.07) is 0.126. The number of carbonyl (C=O) groups excluding carboxylic acids is 1. The van der Waals surface area contributed by atoms with E-state index < -0.39 is 0 Å². The summed E-state index contributed by atoms with van der Waals surface area (Å²) in [5.41, 5.74) is 0.673. The molecule has 7 heteroatoms. The van der Waals surface area contributed by atoms with Crippen molar-refractivity contribution in [3.8, 4) is 0 Å². The van der Waals surface area contributed by atoms with E-state index in [0.717, 1.165) is 55.7 Å². The van der Waals surface area contributed by atoms with Gasteiger partial charge >= 0.3 is 5.69 Å². The fraction of sp³-hybridized carbons (Fsp3) is 0.722. The van der Waals surface area contributed by atoms with Crippen LogP contribution in [0.15, 0.2) is 16.1 Å². The molecule has 3 rings (SSSR count). The first kappa shape index (κ1) is 17.8. The molecule has 0 bridgehead atoms. The SMILES string of the molecule is CC1=C(C(=O)N[C@@H]2CCCC[C@@H]2Cc2nn(C)c(=O)n2C)CCCO1. The molecule has 0 saturated heterocycles. The largest absolute Gasteiger partial charge is 0.498 e. The maximum atomic E-state index is 12.7. The van der Waals surface area contributed by atoms with Gasteiger partial charge in [-0.25, -0.2) is 9.48 Å². The van der Waals surface area contributed by atoms with E-state index in [1.165, 1.54) is 4.68 Å². The van der Waals surface area contributed by atoms with Crippen LogP contribution >= 0.6 is 0 Å². The molecular formula is C18H28N4O3. The molecule has 0 unspecified atom stereocenters. The molecule has 1 saturated carbocycles. The molecule has 25 heavy (non-hydrogen) atoms. The number of carbonyl (C=O) groups is 1. The third-order valence-electron chi connectivity index (χ3n) is 5.48. The van der Waals surface area contributed by atoms with Crippen LogP contribution in [-0.2, 0) is 30.0 Å². The van der Waals surface area contributed by atoms with E-state index in [-0.39, 0.29) is 17.6 Å². The van der Waals surface area contributed by atoms with Crippen LogP contribution in [0, 0.1) is 5.92 Å². The average molecular weight is 348 g/mol. The van der Waals surface area contributed by atoms with E-state index in [1.807, 2.05) is 6.92 Å². The Morgan fingerprint density at radius 1 is 1.28 bits per heavy atom. The van der Waals surface area contributed by atoms with Gasteiger partial charge in [-0.05, 0) is 38.5 Å². The lowest BCUT2D eigenvalue weighted by atomic mass is 9.82. The van der Waals surface area contributed by atoms with E-state index in [4.69, 9.17) is 4.74 Å². The summed E-state index contributed by atoms with van der Waals surface area (Å²) in [5, 5.41) is 7.58. The number of aryl methyl sites for hydroxylation is 1. The molecular weight excluding hydrogens is 320 g/mol. The smallest absolute Gasteiger partial charge is 0.345 e. The number of aromatic nitrogens is 3. The monoisotopic (exact) mass is 348 g/mol. The number of nitrogens with one attached hydrogen (secondary N) is 1. The van der Waals surface area contributed by atoms with Crippen LogP contribution in [0.4, 0.5) is 0 Å². The standard InChI is InChI=1S/C18H28N4O3/c1-12-14(8-6-10-25-12)17(23)19-15-9-5-4-7-13(15)11-16-20-22(3)18(24)21(16)2/h13,15H,4-11H2,1-3H3,(H,19,23)/t13-,15-/m1/s1. The Kier molecular flexibility index (Phi) is 5.30. The summed E-state index contributed by atoms with van der Waals surface area (Å²) in [7, 11) is 3.43. The number of nitrogens with zero attached hydrogens (tertiary/aromatic N) is 3.